The Labute approximate surface area is 194 Å². The Morgan fingerprint density at radius 1 is 1.00 bits per heavy atom. The second-order valence-electron chi connectivity index (χ2n) is 7.20. The van der Waals surface area contributed by atoms with Gasteiger partial charge in [0.25, 0.3) is 0 Å². The van der Waals surface area contributed by atoms with E-state index in [2.05, 4.69) is 5.32 Å². The van der Waals surface area contributed by atoms with Gasteiger partial charge in [-0.1, -0.05) is 47.6 Å². The molecule has 2 aromatic heterocycles. The van der Waals surface area contributed by atoms with E-state index in [-0.39, 0.29) is 11.4 Å². The summed E-state index contributed by atoms with van der Waals surface area (Å²) in [5.74, 6) is -0.528. The van der Waals surface area contributed by atoms with Crippen molar-refractivity contribution in [3.63, 3.8) is 0 Å². The Hall–Kier alpha value is -3.30. The number of aromatic nitrogens is 3. The molecule has 1 N–H and O–H groups in total. The number of benzene rings is 3. The van der Waals surface area contributed by atoms with E-state index in [4.69, 9.17) is 21.6 Å². The van der Waals surface area contributed by atoms with Crippen LogP contribution in [0.4, 0.5) is 18.9 Å². The van der Waals surface area contributed by atoms with Gasteiger partial charge in [-0.2, -0.15) is 13.2 Å². The van der Waals surface area contributed by atoms with Gasteiger partial charge in [0.1, 0.15) is 5.65 Å². The summed E-state index contributed by atoms with van der Waals surface area (Å²) in [6.45, 7) is 0. The molecule has 0 bridgehead atoms. The topological polar surface area (TPSA) is 59.3 Å². The minimum Gasteiger partial charge on any atom is -0.325 e. The van der Waals surface area contributed by atoms with E-state index in [1.165, 1.54) is 17.8 Å². The molecule has 3 aromatic carbocycles. The highest BCUT2D eigenvalue weighted by Gasteiger charge is 2.33. The van der Waals surface area contributed by atoms with Crippen molar-refractivity contribution in [2.75, 3.05) is 11.1 Å². The summed E-state index contributed by atoms with van der Waals surface area (Å²) < 4.78 is 41.2. The van der Waals surface area contributed by atoms with Crippen LogP contribution < -0.4 is 5.32 Å². The van der Waals surface area contributed by atoms with E-state index >= 15 is 0 Å². The fourth-order valence-electron chi connectivity index (χ4n) is 3.56. The van der Waals surface area contributed by atoms with Crippen LogP contribution >= 0.6 is 23.4 Å². The van der Waals surface area contributed by atoms with Crippen molar-refractivity contribution >= 4 is 62.5 Å². The van der Waals surface area contributed by atoms with Gasteiger partial charge in [-0.15, -0.1) is 0 Å². The molecule has 10 heteroatoms. The summed E-state index contributed by atoms with van der Waals surface area (Å²) in [7, 11) is 0. The summed E-state index contributed by atoms with van der Waals surface area (Å²) in [4.78, 5) is 22.0. The number of thioether (sulfide) groups is 1. The van der Waals surface area contributed by atoms with Crippen molar-refractivity contribution in [3.8, 4) is 0 Å². The van der Waals surface area contributed by atoms with Crippen molar-refractivity contribution in [3.05, 3.63) is 77.3 Å². The molecule has 0 fully saturated rings. The number of rotatable bonds is 4. The summed E-state index contributed by atoms with van der Waals surface area (Å²) in [5, 5.41) is 3.50. The van der Waals surface area contributed by atoms with Gasteiger partial charge in [-0.05, 0) is 42.5 Å². The number of nitrogens with one attached hydrogen (secondary N) is 1. The number of anilines is 1. The molecule has 2 heterocycles. The van der Waals surface area contributed by atoms with Crippen LogP contribution in [0.5, 0.6) is 0 Å². The number of fused-ring (bicyclic) bond motifs is 5. The van der Waals surface area contributed by atoms with Gasteiger partial charge in [0, 0.05) is 11.1 Å². The predicted octanol–water partition coefficient (Wildman–Crippen LogP) is 6.44. The molecule has 0 saturated carbocycles. The van der Waals surface area contributed by atoms with E-state index in [9.17, 15) is 18.0 Å². The third kappa shape index (κ3) is 4.09. The number of alkyl halides is 3. The van der Waals surface area contributed by atoms with Crippen LogP contribution in [0.2, 0.25) is 5.02 Å². The van der Waals surface area contributed by atoms with Gasteiger partial charge in [0.2, 0.25) is 5.91 Å². The number of halogens is 4. The Bertz CT molecular complexity index is 1530. The Morgan fingerprint density at radius 3 is 2.52 bits per heavy atom. The zero-order chi connectivity index (χ0) is 23.2. The molecule has 1 amide bonds. The second-order valence-corrected chi connectivity index (χ2v) is 8.55. The van der Waals surface area contributed by atoms with Crippen molar-refractivity contribution < 1.29 is 18.0 Å². The van der Waals surface area contributed by atoms with Crippen molar-refractivity contribution in [2.45, 2.75) is 11.3 Å². The highest BCUT2D eigenvalue weighted by atomic mass is 35.5. The molecular formula is C23H14ClF3N4OS. The fraction of sp³-hybridized carbons (Fsp3) is 0.0870. The van der Waals surface area contributed by atoms with Crippen LogP contribution in [-0.4, -0.2) is 26.0 Å². The van der Waals surface area contributed by atoms with Crippen LogP contribution in [0.15, 0.2) is 71.9 Å². The maximum Gasteiger partial charge on any atom is 0.417 e. The van der Waals surface area contributed by atoms with Gasteiger partial charge < -0.3 is 5.32 Å². The third-order valence-electron chi connectivity index (χ3n) is 5.00. The second kappa shape index (κ2) is 8.24. The number of hydrogen-bond acceptors (Lipinski definition) is 4. The Kier molecular flexibility index (Phi) is 5.38. The summed E-state index contributed by atoms with van der Waals surface area (Å²) in [6.07, 6.45) is -4.62. The lowest BCUT2D eigenvalue weighted by atomic mass is 10.2. The molecule has 0 aliphatic rings. The highest BCUT2D eigenvalue weighted by molar-refractivity contribution is 7.99. The average molecular weight is 487 g/mol. The zero-order valence-corrected chi connectivity index (χ0v) is 18.3. The minimum atomic E-state index is -4.62. The first-order valence-electron chi connectivity index (χ1n) is 9.76. The van der Waals surface area contributed by atoms with E-state index in [1.54, 1.807) is 0 Å². The summed E-state index contributed by atoms with van der Waals surface area (Å²) in [6, 6.07) is 18.4. The first-order valence-corrected chi connectivity index (χ1v) is 11.1. The number of carbonyl (C=O) groups excluding carboxylic acids is 1. The van der Waals surface area contributed by atoms with Gasteiger partial charge in [0.15, 0.2) is 5.16 Å². The number of nitrogens with zero attached hydrogens (tertiary/aromatic N) is 3. The smallest absolute Gasteiger partial charge is 0.325 e. The van der Waals surface area contributed by atoms with Crippen molar-refractivity contribution in [1.82, 2.24) is 14.4 Å². The Balaban J connectivity index is 1.45. The number of hydrogen-bond donors (Lipinski definition) is 1. The lowest BCUT2D eigenvalue weighted by Crippen LogP contribution is -2.15. The summed E-state index contributed by atoms with van der Waals surface area (Å²) in [5.41, 5.74) is 2.11. The molecule has 0 spiro atoms. The molecule has 0 aliphatic heterocycles. The molecule has 5 aromatic rings. The van der Waals surface area contributed by atoms with E-state index in [0.717, 1.165) is 39.7 Å². The molecule has 33 heavy (non-hydrogen) atoms. The normalized spacial score (nSPS) is 12.0. The van der Waals surface area contributed by atoms with Crippen LogP contribution in [-0.2, 0) is 11.0 Å². The van der Waals surface area contributed by atoms with Crippen molar-refractivity contribution in [2.24, 2.45) is 0 Å². The minimum absolute atomic E-state index is 0.0158. The van der Waals surface area contributed by atoms with Crippen LogP contribution in [0.1, 0.15) is 5.56 Å². The maximum atomic E-state index is 13.1. The highest BCUT2D eigenvalue weighted by Crippen LogP contribution is 2.36. The van der Waals surface area contributed by atoms with Gasteiger partial charge in [-0.3, -0.25) is 9.20 Å². The SMILES string of the molecule is O=C(CSc1nc2ccccc2c2nc3ccccc3n12)Nc1ccc(Cl)c(C(F)(F)F)c1. The van der Waals surface area contributed by atoms with E-state index in [0.29, 0.717) is 5.16 Å². The standard InChI is InChI=1S/C23H14ClF3N4OS/c24-16-10-9-13(11-15(16)23(25,26)27)28-20(32)12-33-22-30-17-6-2-1-5-14(17)21-29-18-7-3-4-8-19(18)31(21)22/h1-11H,12H2,(H,28,32). The number of carbonyl (C=O) groups is 1. The Morgan fingerprint density at radius 2 is 1.73 bits per heavy atom. The quantitative estimate of drug-likeness (QED) is 0.234. The number of amides is 1. The number of imidazole rings is 1. The van der Waals surface area contributed by atoms with E-state index < -0.39 is 22.7 Å². The molecule has 166 valence electrons. The third-order valence-corrected chi connectivity index (χ3v) is 6.27. The maximum absolute atomic E-state index is 13.1. The van der Waals surface area contributed by atoms with Crippen LogP contribution in [0, 0.1) is 0 Å². The fourth-order valence-corrected chi connectivity index (χ4v) is 4.59. The van der Waals surface area contributed by atoms with Crippen molar-refractivity contribution in [1.29, 1.82) is 0 Å². The molecule has 0 unspecified atom stereocenters. The van der Waals surface area contributed by atoms with Gasteiger partial charge in [0.05, 0.1) is 32.9 Å². The molecule has 0 atom stereocenters. The molecule has 0 saturated heterocycles. The summed E-state index contributed by atoms with van der Waals surface area (Å²) >= 11 is 6.82. The lowest BCUT2D eigenvalue weighted by Gasteiger charge is -2.12. The number of para-hydroxylation sites is 3. The molecular weight excluding hydrogens is 473 g/mol. The predicted molar refractivity (Wildman–Crippen MR) is 124 cm³/mol. The lowest BCUT2D eigenvalue weighted by molar-refractivity contribution is -0.137. The van der Waals surface area contributed by atoms with E-state index in [1.807, 2.05) is 52.9 Å². The van der Waals surface area contributed by atoms with Gasteiger partial charge in [-0.25, -0.2) is 9.97 Å². The average Bonchev–Trinajstić information content (AvgIpc) is 3.18. The molecule has 0 radical (unpaired) electrons. The first-order chi connectivity index (χ1) is 15.8. The van der Waals surface area contributed by atoms with Crippen LogP contribution in [0.3, 0.4) is 0 Å². The zero-order valence-electron chi connectivity index (χ0n) is 16.7. The first kappa shape index (κ1) is 21.5. The largest absolute Gasteiger partial charge is 0.417 e. The molecule has 0 aliphatic carbocycles. The monoisotopic (exact) mass is 486 g/mol. The molecule has 5 rings (SSSR count). The van der Waals surface area contributed by atoms with Gasteiger partial charge >= 0.3 is 6.18 Å². The molecule has 5 nitrogen and oxygen atoms in total. The van der Waals surface area contributed by atoms with Crippen LogP contribution in [0.25, 0.3) is 27.6 Å².